The summed E-state index contributed by atoms with van der Waals surface area (Å²) in [7, 11) is 0. The zero-order valence-electron chi connectivity index (χ0n) is 15.7. The summed E-state index contributed by atoms with van der Waals surface area (Å²) in [6.45, 7) is 2.27. The SMILES string of the molecule is C[C@@H](OC(=O)CCNC(=O)Nc1ccccc1)C(=O)N1CCc2ccccc21. The van der Waals surface area contributed by atoms with Gasteiger partial charge in [0.15, 0.2) is 6.10 Å². The van der Waals surface area contributed by atoms with Gasteiger partial charge < -0.3 is 20.3 Å². The summed E-state index contributed by atoms with van der Waals surface area (Å²) < 4.78 is 5.24. The Morgan fingerprint density at radius 2 is 1.79 bits per heavy atom. The van der Waals surface area contributed by atoms with Crippen molar-refractivity contribution < 1.29 is 19.1 Å². The fraction of sp³-hybridized carbons (Fsp3) is 0.286. The van der Waals surface area contributed by atoms with Gasteiger partial charge in [-0.15, -0.1) is 0 Å². The van der Waals surface area contributed by atoms with Crippen molar-refractivity contribution >= 4 is 29.3 Å². The molecule has 7 heteroatoms. The molecule has 2 N–H and O–H groups in total. The van der Waals surface area contributed by atoms with Gasteiger partial charge >= 0.3 is 12.0 Å². The first-order valence-electron chi connectivity index (χ1n) is 9.23. The lowest BCUT2D eigenvalue weighted by molar-refractivity contribution is -0.153. The van der Waals surface area contributed by atoms with Gasteiger partial charge in [0.05, 0.1) is 6.42 Å². The van der Waals surface area contributed by atoms with Crippen LogP contribution in [0, 0.1) is 0 Å². The molecular formula is C21H23N3O4. The van der Waals surface area contributed by atoms with Crippen LogP contribution in [0.5, 0.6) is 0 Å². The Labute approximate surface area is 163 Å². The molecule has 0 fully saturated rings. The zero-order chi connectivity index (χ0) is 19.9. The number of urea groups is 1. The molecule has 1 heterocycles. The number of anilines is 2. The number of carbonyl (C=O) groups excluding carboxylic acids is 3. The van der Waals surface area contributed by atoms with Crippen LogP contribution in [0.25, 0.3) is 0 Å². The lowest BCUT2D eigenvalue weighted by Crippen LogP contribution is -2.39. The van der Waals surface area contributed by atoms with E-state index >= 15 is 0 Å². The number of carbonyl (C=O) groups is 3. The summed E-state index contributed by atoms with van der Waals surface area (Å²) in [5, 5.41) is 5.24. The van der Waals surface area contributed by atoms with Crippen LogP contribution in [-0.2, 0) is 20.7 Å². The number of esters is 1. The molecule has 146 valence electrons. The van der Waals surface area contributed by atoms with E-state index in [0.717, 1.165) is 17.7 Å². The average Bonchev–Trinajstić information content (AvgIpc) is 3.12. The molecule has 0 radical (unpaired) electrons. The van der Waals surface area contributed by atoms with Crippen molar-refractivity contribution in [1.82, 2.24) is 5.32 Å². The van der Waals surface area contributed by atoms with Gasteiger partial charge in [0.25, 0.3) is 5.91 Å². The summed E-state index contributed by atoms with van der Waals surface area (Å²) in [5.74, 6) is -0.776. The average molecular weight is 381 g/mol. The summed E-state index contributed by atoms with van der Waals surface area (Å²) in [6, 6.07) is 16.3. The Balaban J connectivity index is 1.41. The van der Waals surface area contributed by atoms with Crippen LogP contribution < -0.4 is 15.5 Å². The number of para-hydroxylation sites is 2. The van der Waals surface area contributed by atoms with E-state index in [1.54, 1.807) is 24.0 Å². The molecular weight excluding hydrogens is 358 g/mol. The molecule has 0 unspecified atom stereocenters. The summed E-state index contributed by atoms with van der Waals surface area (Å²) in [6.07, 6.45) is -0.101. The third kappa shape index (κ3) is 4.88. The second-order valence-electron chi connectivity index (χ2n) is 6.50. The van der Waals surface area contributed by atoms with E-state index in [1.807, 2.05) is 42.5 Å². The lowest BCUT2D eigenvalue weighted by atomic mass is 10.2. The molecule has 7 nitrogen and oxygen atoms in total. The summed E-state index contributed by atoms with van der Waals surface area (Å²) >= 11 is 0. The van der Waals surface area contributed by atoms with Crippen LogP contribution in [0.1, 0.15) is 18.9 Å². The van der Waals surface area contributed by atoms with Crippen LogP contribution in [0.3, 0.4) is 0 Å². The molecule has 28 heavy (non-hydrogen) atoms. The number of nitrogens with one attached hydrogen (secondary N) is 2. The Bertz CT molecular complexity index is 854. The molecule has 3 rings (SSSR count). The third-order valence-electron chi connectivity index (χ3n) is 4.46. The minimum absolute atomic E-state index is 0.0174. The van der Waals surface area contributed by atoms with E-state index in [1.165, 1.54) is 0 Å². The standard InChI is InChI=1S/C21H23N3O4/c1-15(20(26)24-14-12-16-7-5-6-10-18(16)24)28-19(25)11-13-22-21(27)23-17-8-3-2-4-9-17/h2-10,15H,11-14H2,1H3,(H2,22,23,27)/t15-/m1/s1. The largest absolute Gasteiger partial charge is 0.452 e. The highest BCUT2D eigenvalue weighted by atomic mass is 16.5. The molecule has 0 aliphatic carbocycles. The van der Waals surface area contributed by atoms with E-state index in [0.29, 0.717) is 12.2 Å². The molecule has 0 saturated heterocycles. The van der Waals surface area contributed by atoms with Crippen molar-refractivity contribution in [1.29, 1.82) is 0 Å². The van der Waals surface area contributed by atoms with Gasteiger partial charge in [0, 0.05) is 24.5 Å². The summed E-state index contributed by atoms with van der Waals surface area (Å²) in [4.78, 5) is 38.0. The van der Waals surface area contributed by atoms with Crippen LogP contribution in [0.4, 0.5) is 16.2 Å². The molecule has 1 aliphatic rings. The normalized spacial score (nSPS) is 13.4. The molecule has 1 aliphatic heterocycles. The number of amides is 3. The molecule has 2 aromatic carbocycles. The van der Waals surface area contributed by atoms with Crippen LogP contribution in [-0.4, -0.2) is 37.1 Å². The van der Waals surface area contributed by atoms with Gasteiger partial charge in [-0.05, 0) is 37.1 Å². The van der Waals surface area contributed by atoms with E-state index in [2.05, 4.69) is 10.6 Å². The Morgan fingerprint density at radius 1 is 1.07 bits per heavy atom. The first-order valence-corrected chi connectivity index (χ1v) is 9.23. The van der Waals surface area contributed by atoms with Gasteiger partial charge in [-0.25, -0.2) is 4.79 Å². The number of ether oxygens (including phenoxy) is 1. The van der Waals surface area contributed by atoms with Crippen molar-refractivity contribution in [3.63, 3.8) is 0 Å². The van der Waals surface area contributed by atoms with Crippen molar-refractivity contribution in [2.45, 2.75) is 25.9 Å². The van der Waals surface area contributed by atoms with Crippen molar-refractivity contribution in [3.05, 3.63) is 60.2 Å². The van der Waals surface area contributed by atoms with Crippen LogP contribution in [0.2, 0.25) is 0 Å². The molecule has 0 aromatic heterocycles. The molecule has 2 aromatic rings. The number of hydrogen-bond donors (Lipinski definition) is 2. The van der Waals surface area contributed by atoms with Gasteiger partial charge in [-0.2, -0.15) is 0 Å². The second-order valence-corrected chi connectivity index (χ2v) is 6.50. The predicted molar refractivity (Wildman–Crippen MR) is 106 cm³/mol. The Morgan fingerprint density at radius 3 is 2.57 bits per heavy atom. The number of benzene rings is 2. The highest BCUT2D eigenvalue weighted by Crippen LogP contribution is 2.28. The summed E-state index contributed by atoms with van der Waals surface area (Å²) in [5.41, 5.74) is 2.64. The van der Waals surface area contributed by atoms with Crippen LogP contribution >= 0.6 is 0 Å². The molecule has 0 saturated carbocycles. The molecule has 1 atom stereocenters. The van der Waals surface area contributed by atoms with E-state index in [4.69, 9.17) is 4.74 Å². The highest BCUT2D eigenvalue weighted by Gasteiger charge is 2.29. The van der Waals surface area contributed by atoms with Crippen molar-refractivity contribution in [3.8, 4) is 0 Å². The number of fused-ring (bicyclic) bond motifs is 1. The third-order valence-corrected chi connectivity index (χ3v) is 4.46. The zero-order valence-corrected chi connectivity index (χ0v) is 15.7. The van der Waals surface area contributed by atoms with Gasteiger partial charge in [0.2, 0.25) is 0 Å². The Hall–Kier alpha value is -3.35. The highest BCUT2D eigenvalue weighted by molar-refractivity contribution is 5.99. The second kappa shape index (κ2) is 9.03. The maximum absolute atomic E-state index is 12.6. The fourth-order valence-electron chi connectivity index (χ4n) is 3.07. The first kappa shape index (κ1) is 19.4. The minimum Gasteiger partial charge on any atom is -0.452 e. The molecule has 0 spiro atoms. The quantitative estimate of drug-likeness (QED) is 0.753. The molecule has 3 amide bonds. The van der Waals surface area contributed by atoms with E-state index < -0.39 is 18.1 Å². The monoisotopic (exact) mass is 381 g/mol. The van der Waals surface area contributed by atoms with Crippen molar-refractivity contribution in [2.75, 3.05) is 23.3 Å². The van der Waals surface area contributed by atoms with E-state index in [-0.39, 0.29) is 18.9 Å². The first-order chi connectivity index (χ1) is 13.5. The number of nitrogens with zero attached hydrogens (tertiary/aromatic N) is 1. The maximum atomic E-state index is 12.6. The smallest absolute Gasteiger partial charge is 0.319 e. The molecule has 0 bridgehead atoms. The minimum atomic E-state index is -0.878. The topological polar surface area (TPSA) is 87.7 Å². The maximum Gasteiger partial charge on any atom is 0.319 e. The predicted octanol–water partition coefficient (Wildman–Crippen LogP) is 2.72. The number of rotatable bonds is 6. The van der Waals surface area contributed by atoms with E-state index in [9.17, 15) is 14.4 Å². The van der Waals surface area contributed by atoms with Crippen molar-refractivity contribution in [2.24, 2.45) is 0 Å². The fourth-order valence-corrected chi connectivity index (χ4v) is 3.07. The van der Waals surface area contributed by atoms with Gasteiger partial charge in [-0.1, -0.05) is 36.4 Å². The van der Waals surface area contributed by atoms with Gasteiger partial charge in [-0.3, -0.25) is 9.59 Å². The lowest BCUT2D eigenvalue weighted by Gasteiger charge is -2.21. The number of hydrogen-bond acceptors (Lipinski definition) is 4. The van der Waals surface area contributed by atoms with Crippen LogP contribution in [0.15, 0.2) is 54.6 Å². The van der Waals surface area contributed by atoms with Gasteiger partial charge in [0.1, 0.15) is 0 Å². The Kier molecular flexibility index (Phi) is 6.26.